The van der Waals surface area contributed by atoms with E-state index in [1.165, 1.54) is 13.3 Å². The standard InChI is InChI=1S/C17H33NO6/c1-5-6-10(2)11(3)7-8-22-17-14(18)16(21)15(20)13(24-17)9-23-12(4)19/h10-11,13-17,20-21H,5-9,18H2,1-4H3/t10?,11?,13?,14-,15-,16?,17+/m0/s1. The monoisotopic (exact) mass is 347 g/mol. The Bertz CT molecular complexity index is 380. The zero-order valence-corrected chi connectivity index (χ0v) is 15.2. The molecule has 1 rings (SSSR count). The van der Waals surface area contributed by atoms with Crippen molar-refractivity contribution >= 4 is 5.97 Å². The fourth-order valence-corrected chi connectivity index (χ4v) is 2.83. The van der Waals surface area contributed by atoms with Crippen LogP contribution in [0.1, 0.15) is 47.0 Å². The molecule has 7 heteroatoms. The van der Waals surface area contributed by atoms with Gasteiger partial charge in [-0.15, -0.1) is 0 Å². The van der Waals surface area contributed by atoms with Crippen LogP contribution in [-0.2, 0) is 19.0 Å². The van der Waals surface area contributed by atoms with Crippen molar-refractivity contribution in [3.05, 3.63) is 0 Å². The SMILES string of the molecule is CCCC(C)C(C)CCO[C@@H]1OC(COC(C)=O)[C@H](O)C(O)[C@@H]1N. The van der Waals surface area contributed by atoms with Crippen LogP contribution in [0.5, 0.6) is 0 Å². The molecule has 0 aromatic rings. The zero-order chi connectivity index (χ0) is 18.3. The van der Waals surface area contributed by atoms with Gasteiger partial charge in [-0.05, 0) is 18.3 Å². The normalized spacial score (nSPS) is 33.0. The van der Waals surface area contributed by atoms with Crippen LogP contribution in [0.3, 0.4) is 0 Å². The molecule has 0 aromatic heterocycles. The molecular weight excluding hydrogens is 314 g/mol. The van der Waals surface area contributed by atoms with E-state index < -0.39 is 36.6 Å². The summed E-state index contributed by atoms with van der Waals surface area (Å²) in [5.41, 5.74) is 5.89. The summed E-state index contributed by atoms with van der Waals surface area (Å²) in [7, 11) is 0. The van der Waals surface area contributed by atoms with Crippen molar-refractivity contribution in [2.75, 3.05) is 13.2 Å². The summed E-state index contributed by atoms with van der Waals surface area (Å²) in [5.74, 6) is 0.646. The van der Waals surface area contributed by atoms with E-state index in [4.69, 9.17) is 19.9 Å². The van der Waals surface area contributed by atoms with Gasteiger partial charge in [0.25, 0.3) is 0 Å². The summed E-state index contributed by atoms with van der Waals surface area (Å²) in [6, 6.07) is -0.850. The molecule has 7 atom stereocenters. The highest BCUT2D eigenvalue weighted by Crippen LogP contribution is 2.23. The van der Waals surface area contributed by atoms with Crippen LogP contribution >= 0.6 is 0 Å². The van der Waals surface area contributed by atoms with E-state index in [0.29, 0.717) is 18.4 Å². The van der Waals surface area contributed by atoms with Gasteiger partial charge in [0.2, 0.25) is 0 Å². The molecule has 0 bridgehead atoms. The molecule has 0 amide bonds. The maximum Gasteiger partial charge on any atom is 0.302 e. The summed E-state index contributed by atoms with van der Waals surface area (Å²) in [6.45, 7) is 8.16. The second-order valence-corrected chi connectivity index (χ2v) is 6.81. The number of carbonyl (C=O) groups is 1. The van der Waals surface area contributed by atoms with Crippen molar-refractivity contribution in [3.63, 3.8) is 0 Å². The van der Waals surface area contributed by atoms with Crippen LogP contribution in [0.25, 0.3) is 0 Å². The average Bonchev–Trinajstić information content (AvgIpc) is 2.53. The molecule has 0 aliphatic carbocycles. The minimum Gasteiger partial charge on any atom is -0.463 e. The number of esters is 1. The van der Waals surface area contributed by atoms with Gasteiger partial charge in [-0.25, -0.2) is 0 Å². The van der Waals surface area contributed by atoms with Crippen LogP contribution in [0.2, 0.25) is 0 Å². The molecule has 1 heterocycles. The lowest BCUT2D eigenvalue weighted by atomic mass is 9.89. The number of rotatable bonds is 9. The van der Waals surface area contributed by atoms with E-state index in [-0.39, 0.29) is 6.61 Å². The molecular formula is C17H33NO6. The van der Waals surface area contributed by atoms with Crippen molar-refractivity contribution in [2.24, 2.45) is 17.6 Å². The highest BCUT2D eigenvalue weighted by molar-refractivity contribution is 5.65. The lowest BCUT2D eigenvalue weighted by molar-refractivity contribution is -0.267. The number of hydrogen-bond donors (Lipinski definition) is 3. The average molecular weight is 347 g/mol. The van der Waals surface area contributed by atoms with Gasteiger partial charge >= 0.3 is 5.97 Å². The largest absolute Gasteiger partial charge is 0.463 e. The Hall–Kier alpha value is -0.730. The second kappa shape index (κ2) is 10.3. The number of ether oxygens (including phenoxy) is 3. The smallest absolute Gasteiger partial charge is 0.302 e. The van der Waals surface area contributed by atoms with Gasteiger partial charge < -0.3 is 30.2 Å². The van der Waals surface area contributed by atoms with Crippen molar-refractivity contribution in [1.29, 1.82) is 0 Å². The third-order valence-corrected chi connectivity index (χ3v) is 4.77. The fourth-order valence-electron chi connectivity index (χ4n) is 2.83. The first-order chi connectivity index (χ1) is 11.3. The summed E-state index contributed by atoms with van der Waals surface area (Å²) in [5, 5.41) is 20.0. The first-order valence-corrected chi connectivity index (χ1v) is 8.80. The van der Waals surface area contributed by atoms with Crippen molar-refractivity contribution in [1.82, 2.24) is 0 Å². The van der Waals surface area contributed by atoms with E-state index in [9.17, 15) is 15.0 Å². The molecule has 1 fully saturated rings. The first kappa shape index (κ1) is 21.3. The molecule has 4 unspecified atom stereocenters. The lowest BCUT2D eigenvalue weighted by Crippen LogP contribution is -2.62. The quantitative estimate of drug-likeness (QED) is 0.529. The third kappa shape index (κ3) is 6.29. The summed E-state index contributed by atoms with van der Waals surface area (Å²) < 4.78 is 16.1. The molecule has 142 valence electrons. The molecule has 0 spiro atoms. The van der Waals surface area contributed by atoms with Gasteiger partial charge in [0.15, 0.2) is 6.29 Å². The van der Waals surface area contributed by atoms with Crippen molar-refractivity contribution < 1.29 is 29.2 Å². The lowest BCUT2D eigenvalue weighted by Gasteiger charge is -2.40. The highest BCUT2D eigenvalue weighted by atomic mass is 16.7. The minimum atomic E-state index is -1.22. The van der Waals surface area contributed by atoms with Crippen LogP contribution < -0.4 is 5.73 Å². The molecule has 24 heavy (non-hydrogen) atoms. The van der Waals surface area contributed by atoms with Gasteiger partial charge in [0.05, 0.1) is 12.6 Å². The fraction of sp³-hybridized carbons (Fsp3) is 0.941. The third-order valence-electron chi connectivity index (χ3n) is 4.77. The van der Waals surface area contributed by atoms with E-state index in [0.717, 1.165) is 12.8 Å². The molecule has 0 aromatic carbocycles. The molecule has 1 aliphatic rings. The molecule has 0 radical (unpaired) electrons. The Morgan fingerprint density at radius 1 is 1.21 bits per heavy atom. The Labute approximate surface area is 144 Å². The van der Waals surface area contributed by atoms with Crippen LogP contribution in [0.15, 0.2) is 0 Å². The minimum absolute atomic E-state index is 0.149. The van der Waals surface area contributed by atoms with E-state index in [1.807, 2.05) is 0 Å². The molecule has 0 saturated carbocycles. The number of carbonyl (C=O) groups excluding carboxylic acids is 1. The summed E-state index contributed by atoms with van der Waals surface area (Å²) in [6.07, 6.45) is -0.909. The molecule has 1 aliphatic heterocycles. The van der Waals surface area contributed by atoms with E-state index >= 15 is 0 Å². The number of hydrogen-bond acceptors (Lipinski definition) is 7. The van der Waals surface area contributed by atoms with Gasteiger partial charge in [-0.2, -0.15) is 0 Å². The van der Waals surface area contributed by atoms with Gasteiger partial charge in [0.1, 0.15) is 24.9 Å². The zero-order valence-electron chi connectivity index (χ0n) is 15.2. The molecule has 7 nitrogen and oxygen atoms in total. The summed E-state index contributed by atoms with van der Waals surface area (Å²) in [4.78, 5) is 10.9. The second-order valence-electron chi connectivity index (χ2n) is 6.81. The maximum absolute atomic E-state index is 10.9. The van der Waals surface area contributed by atoms with Crippen LogP contribution in [0, 0.1) is 11.8 Å². The van der Waals surface area contributed by atoms with Crippen LogP contribution in [0.4, 0.5) is 0 Å². The number of aliphatic hydroxyl groups excluding tert-OH is 2. The number of nitrogens with two attached hydrogens (primary N) is 1. The van der Waals surface area contributed by atoms with Gasteiger partial charge in [-0.3, -0.25) is 4.79 Å². The Morgan fingerprint density at radius 3 is 2.42 bits per heavy atom. The Kier molecular flexibility index (Phi) is 9.15. The predicted octanol–water partition coefficient (Wildman–Crippen LogP) is 0.803. The predicted molar refractivity (Wildman–Crippen MR) is 89.1 cm³/mol. The maximum atomic E-state index is 10.9. The Balaban J connectivity index is 2.48. The van der Waals surface area contributed by atoms with E-state index in [2.05, 4.69) is 20.8 Å². The number of aliphatic hydroxyl groups is 2. The van der Waals surface area contributed by atoms with E-state index in [1.54, 1.807) is 0 Å². The topological polar surface area (TPSA) is 111 Å². The molecule has 1 saturated heterocycles. The van der Waals surface area contributed by atoms with Crippen LogP contribution in [-0.4, -0.2) is 60.0 Å². The van der Waals surface area contributed by atoms with Crippen molar-refractivity contribution in [3.8, 4) is 0 Å². The highest BCUT2D eigenvalue weighted by Gasteiger charge is 2.43. The first-order valence-electron chi connectivity index (χ1n) is 8.80. The molecule has 4 N–H and O–H groups in total. The van der Waals surface area contributed by atoms with Crippen molar-refractivity contribution in [2.45, 2.75) is 77.6 Å². The van der Waals surface area contributed by atoms with Gasteiger partial charge in [-0.1, -0.05) is 33.6 Å². The summed E-state index contributed by atoms with van der Waals surface area (Å²) >= 11 is 0. The van der Waals surface area contributed by atoms with Gasteiger partial charge in [0, 0.05) is 6.92 Å². The Morgan fingerprint density at radius 2 is 1.83 bits per heavy atom.